The van der Waals surface area contributed by atoms with Gasteiger partial charge in [-0.2, -0.15) is 0 Å². The Kier molecular flexibility index (Phi) is 4.46. The smallest absolute Gasteiger partial charge is 0.264 e. The molecule has 6 nitrogen and oxygen atoms in total. The van der Waals surface area contributed by atoms with Crippen LogP contribution in [0.3, 0.4) is 0 Å². The van der Waals surface area contributed by atoms with Crippen LogP contribution in [0.5, 0.6) is 0 Å². The molecule has 0 radical (unpaired) electrons. The normalized spacial score (nSPS) is 18.8. The highest BCUT2D eigenvalue weighted by Gasteiger charge is 2.23. The van der Waals surface area contributed by atoms with E-state index in [-0.39, 0.29) is 22.4 Å². The van der Waals surface area contributed by atoms with Gasteiger partial charge in [0, 0.05) is 18.0 Å². The number of aromatic amines is 1. The molecule has 1 amide bonds. The molecule has 2 rings (SSSR count). The van der Waals surface area contributed by atoms with Crippen LogP contribution in [0.15, 0.2) is 4.79 Å². The van der Waals surface area contributed by atoms with Crippen LogP contribution in [-0.2, 0) is 5.41 Å². The number of nitrogens with one attached hydrogen (secondary N) is 3. The minimum atomic E-state index is -0.371. The van der Waals surface area contributed by atoms with Crippen LogP contribution in [0.2, 0.25) is 0 Å². The number of hydrogen-bond acceptors (Lipinski definition) is 4. The third-order valence-electron chi connectivity index (χ3n) is 3.71. The first-order valence-corrected chi connectivity index (χ1v) is 7.42. The molecular formula is C15H24N4O2. The lowest BCUT2D eigenvalue weighted by Crippen LogP contribution is -2.40. The summed E-state index contributed by atoms with van der Waals surface area (Å²) in [5.74, 6) is 0.245. The Hall–Kier alpha value is -1.69. The third-order valence-corrected chi connectivity index (χ3v) is 3.71. The van der Waals surface area contributed by atoms with Crippen molar-refractivity contribution in [3.63, 3.8) is 0 Å². The summed E-state index contributed by atoms with van der Waals surface area (Å²) >= 11 is 0. The first-order valence-electron chi connectivity index (χ1n) is 7.42. The van der Waals surface area contributed by atoms with Gasteiger partial charge in [-0.3, -0.25) is 9.59 Å². The number of carbonyl (C=O) groups is 1. The van der Waals surface area contributed by atoms with Gasteiger partial charge >= 0.3 is 0 Å². The first-order chi connectivity index (χ1) is 9.79. The second kappa shape index (κ2) is 5.97. The fraction of sp³-hybridized carbons (Fsp3) is 0.667. The maximum absolute atomic E-state index is 12.2. The van der Waals surface area contributed by atoms with E-state index in [1.807, 2.05) is 20.8 Å². The van der Waals surface area contributed by atoms with Gasteiger partial charge in [0.25, 0.3) is 11.5 Å². The van der Waals surface area contributed by atoms with Crippen LogP contribution in [0.4, 0.5) is 0 Å². The lowest BCUT2D eigenvalue weighted by molar-refractivity contribution is 0.0947. The molecule has 1 unspecified atom stereocenters. The summed E-state index contributed by atoms with van der Waals surface area (Å²) in [6, 6.07) is 0.301. The quantitative estimate of drug-likeness (QED) is 0.771. The highest BCUT2D eigenvalue weighted by molar-refractivity contribution is 5.94. The summed E-state index contributed by atoms with van der Waals surface area (Å²) in [6.07, 6.45) is 2.18. The highest BCUT2D eigenvalue weighted by Crippen LogP contribution is 2.17. The predicted octanol–water partition coefficient (Wildman–Crippen LogP) is 0.858. The van der Waals surface area contributed by atoms with E-state index in [1.165, 1.54) is 0 Å². The van der Waals surface area contributed by atoms with Crippen LogP contribution < -0.4 is 16.2 Å². The average Bonchev–Trinajstić information content (AvgIpc) is 2.87. The van der Waals surface area contributed by atoms with Crippen LogP contribution >= 0.6 is 0 Å². The van der Waals surface area contributed by atoms with Gasteiger partial charge in [0.15, 0.2) is 0 Å². The SMILES string of the molecule is Cc1nc(C(C)(C)C)[nH]c(=O)c1C(=O)NCC1CCCN1. The number of hydrogen-bond donors (Lipinski definition) is 3. The second-order valence-electron chi connectivity index (χ2n) is 6.63. The van der Waals surface area contributed by atoms with E-state index in [2.05, 4.69) is 20.6 Å². The monoisotopic (exact) mass is 292 g/mol. The maximum Gasteiger partial charge on any atom is 0.264 e. The molecule has 0 saturated carbocycles. The Balaban J connectivity index is 2.15. The van der Waals surface area contributed by atoms with Crippen molar-refractivity contribution in [2.45, 2.75) is 52.0 Å². The topological polar surface area (TPSA) is 86.9 Å². The van der Waals surface area contributed by atoms with Crippen molar-refractivity contribution in [2.75, 3.05) is 13.1 Å². The zero-order valence-corrected chi connectivity index (χ0v) is 13.2. The molecule has 21 heavy (non-hydrogen) atoms. The summed E-state index contributed by atoms with van der Waals surface area (Å²) in [4.78, 5) is 31.5. The van der Waals surface area contributed by atoms with E-state index in [9.17, 15) is 9.59 Å². The summed E-state index contributed by atoms with van der Waals surface area (Å²) in [7, 11) is 0. The van der Waals surface area contributed by atoms with E-state index in [1.54, 1.807) is 6.92 Å². The molecular weight excluding hydrogens is 268 g/mol. The Labute approximate surface area is 124 Å². The number of carbonyl (C=O) groups excluding carboxylic acids is 1. The van der Waals surface area contributed by atoms with Gasteiger partial charge in [-0.1, -0.05) is 20.8 Å². The molecule has 2 heterocycles. The van der Waals surface area contributed by atoms with Gasteiger partial charge in [-0.15, -0.1) is 0 Å². The molecule has 1 atom stereocenters. The number of aromatic nitrogens is 2. The van der Waals surface area contributed by atoms with Crippen LogP contribution in [0.25, 0.3) is 0 Å². The van der Waals surface area contributed by atoms with E-state index in [0.29, 0.717) is 24.1 Å². The van der Waals surface area contributed by atoms with E-state index in [0.717, 1.165) is 19.4 Å². The first kappa shape index (κ1) is 15.7. The molecule has 1 aliphatic rings. The number of rotatable bonds is 3. The molecule has 0 aromatic carbocycles. The zero-order valence-electron chi connectivity index (χ0n) is 13.2. The maximum atomic E-state index is 12.2. The molecule has 1 aromatic heterocycles. The lowest BCUT2D eigenvalue weighted by atomic mass is 9.95. The molecule has 0 aliphatic carbocycles. The number of amides is 1. The minimum Gasteiger partial charge on any atom is -0.350 e. The summed E-state index contributed by atoms with van der Waals surface area (Å²) in [5.41, 5.74) is -0.0435. The molecule has 1 saturated heterocycles. The fourth-order valence-electron chi connectivity index (χ4n) is 2.44. The van der Waals surface area contributed by atoms with E-state index >= 15 is 0 Å². The number of nitrogens with zero attached hydrogens (tertiary/aromatic N) is 1. The van der Waals surface area contributed by atoms with Gasteiger partial charge in [0.1, 0.15) is 11.4 Å². The Morgan fingerprint density at radius 1 is 1.43 bits per heavy atom. The molecule has 0 bridgehead atoms. The van der Waals surface area contributed by atoms with Crippen molar-refractivity contribution in [3.05, 3.63) is 27.4 Å². The minimum absolute atomic E-state index is 0.112. The Morgan fingerprint density at radius 3 is 2.67 bits per heavy atom. The molecule has 1 aliphatic heterocycles. The van der Waals surface area contributed by atoms with Crippen molar-refractivity contribution in [1.82, 2.24) is 20.6 Å². The van der Waals surface area contributed by atoms with Gasteiger partial charge in [0.2, 0.25) is 0 Å². The van der Waals surface area contributed by atoms with Crippen molar-refractivity contribution < 1.29 is 4.79 Å². The van der Waals surface area contributed by atoms with Gasteiger partial charge < -0.3 is 15.6 Å². The third kappa shape index (κ3) is 3.69. The van der Waals surface area contributed by atoms with Crippen molar-refractivity contribution in [1.29, 1.82) is 0 Å². The van der Waals surface area contributed by atoms with Crippen LogP contribution in [-0.4, -0.2) is 35.0 Å². The van der Waals surface area contributed by atoms with Crippen LogP contribution in [0, 0.1) is 6.92 Å². The van der Waals surface area contributed by atoms with Crippen molar-refractivity contribution in [2.24, 2.45) is 0 Å². The molecule has 6 heteroatoms. The van der Waals surface area contributed by atoms with E-state index < -0.39 is 0 Å². The average molecular weight is 292 g/mol. The van der Waals surface area contributed by atoms with Crippen molar-refractivity contribution >= 4 is 5.91 Å². The Bertz CT molecular complexity index is 580. The number of H-pyrrole nitrogens is 1. The second-order valence-corrected chi connectivity index (χ2v) is 6.63. The molecule has 1 fully saturated rings. The lowest BCUT2D eigenvalue weighted by Gasteiger charge is -2.18. The molecule has 1 aromatic rings. The van der Waals surface area contributed by atoms with Gasteiger partial charge in [-0.05, 0) is 26.3 Å². The molecule has 3 N–H and O–H groups in total. The summed E-state index contributed by atoms with van der Waals surface area (Å²) in [5, 5.41) is 6.12. The van der Waals surface area contributed by atoms with Crippen molar-refractivity contribution in [3.8, 4) is 0 Å². The highest BCUT2D eigenvalue weighted by atomic mass is 16.2. The van der Waals surface area contributed by atoms with Gasteiger partial charge in [0.05, 0.1) is 5.69 Å². The largest absolute Gasteiger partial charge is 0.350 e. The van der Waals surface area contributed by atoms with Crippen LogP contribution in [0.1, 0.15) is 55.5 Å². The summed E-state index contributed by atoms with van der Waals surface area (Å²) < 4.78 is 0. The molecule has 0 spiro atoms. The molecule has 116 valence electrons. The fourth-order valence-corrected chi connectivity index (χ4v) is 2.44. The zero-order chi connectivity index (χ0) is 15.6. The summed E-state index contributed by atoms with van der Waals surface area (Å²) in [6.45, 7) is 9.14. The Morgan fingerprint density at radius 2 is 2.14 bits per heavy atom. The number of aryl methyl sites for hydroxylation is 1. The van der Waals surface area contributed by atoms with E-state index in [4.69, 9.17) is 0 Å². The standard InChI is InChI=1S/C15H24N4O2/c1-9-11(12(20)17-8-10-6-5-7-16-10)13(21)19-14(18-9)15(2,3)4/h10,16H,5-8H2,1-4H3,(H,17,20)(H,18,19,21). The predicted molar refractivity (Wildman–Crippen MR) is 81.7 cm³/mol. The van der Waals surface area contributed by atoms with Gasteiger partial charge in [-0.25, -0.2) is 4.98 Å².